The first-order valence-corrected chi connectivity index (χ1v) is 8.17. The Morgan fingerprint density at radius 1 is 1.25 bits per heavy atom. The normalized spacial score (nSPS) is 27.7. The van der Waals surface area contributed by atoms with Gasteiger partial charge in [0.1, 0.15) is 0 Å². The number of amides is 1. The van der Waals surface area contributed by atoms with Gasteiger partial charge in [-0.2, -0.15) is 13.2 Å². The molecule has 4 nitrogen and oxygen atoms in total. The van der Waals surface area contributed by atoms with E-state index < -0.39 is 24.9 Å². The van der Waals surface area contributed by atoms with Crippen LogP contribution in [0.4, 0.5) is 13.2 Å². The van der Waals surface area contributed by atoms with E-state index in [0.29, 0.717) is 13.2 Å². The smallest absolute Gasteiger partial charge is 0.371 e. The Morgan fingerprint density at radius 3 is 2.71 bits per heavy atom. The number of carbonyl (C=O) groups excluding carboxylic acids is 1. The van der Waals surface area contributed by atoms with Gasteiger partial charge in [-0.25, -0.2) is 0 Å². The van der Waals surface area contributed by atoms with E-state index in [-0.39, 0.29) is 18.2 Å². The van der Waals surface area contributed by atoms with Crippen molar-refractivity contribution in [2.75, 3.05) is 19.7 Å². The van der Waals surface area contributed by atoms with Crippen molar-refractivity contribution in [3.63, 3.8) is 0 Å². The fraction of sp³-hybridized carbons (Fsp3) is 0.588. The molecule has 2 aliphatic heterocycles. The average molecular weight is 342 g/mol. The molecule has 2 saturated heterocycles. The number of ether oxygens (including phenoxy) is 1. The summed E-state index contributed by atoms with van der Waals surface area (Å²) in [6, 6.07) is 10.1. The average Bonchev–Trinajstić information content (AvgIpc) is 2.94. The molecule has 2 heterocycles. The van der Waals surface area contributed by atoms with Gasteiger partial charge in [0.25, 0.3) is 0 Å². The molecule has 24 heavy (non-hydrogen) atoms. The van der Waals surface area contributed by atoms with Crippen LogP contribution in [0.5, 0.6) is 0 Å². The van der Waals surface area contributed by atoms with E-state index in [1.165, 1.54) is 0 Å². The van der Waals surface area contributed by atoms with Gasteiger partial charge in [0, 0.05) is 31.6 Å². The zero-order valence-electron chi connectivity index (χ0n) is 13.3. The third-order valence-corrected chi connectivity index (χ3v) is 4.59. The highest BCUT2D eigenvalue weighted by Gasteiger charge is 2.38. The number of morpholine rings is 1. The lowest BCUT2D eigenvalue weighted by molar-refractivity contribution is -0.144. The van der Waals surface area contributed by atoms with Crippen molar-refractivity contribution in [1.82, 2.24) is 10.2 Å². The first-order chi connectivity index (χ1) is 11.4. The maximum absolute atomic E-state index is 12.2. The van der Waals surface area contributed by atoms with Crippen LogP contribution in [0.15, 0.2) is 30.3 Å². The molecule has 132 valence electrons. The van der Waals surface area contributed by atoms with Crippen molar-refractivity contribution in [1.29, 1.82) is 0 Å². The first-order valence-electron chi connectivity index (χ1n) is 8.17. The Morgan fingerprint density at radius 2 is 2.00 bits per heavy atom. The lowest BCUT2D eigenvalue weighted by atomic mass is 10.1. The highest BCUT2D eigenvalue weighted by atomic mass is 19.4. The van der Waals surface area contributed by atoms with Crippen LogP contribution in [0.1, 0.15) is 30.9 Å². The number of nitrogens with one attached hydrogen (secondary N) is 1. The van der Waals surface area contributed by atoms with Gasteiger partial charge in [0.05, 0.1) is 19.1 Å². The number of carbonyl (C=O) groups is 1. The van der Waals surface area contributed by atoms with E-state index in [9.17, 15) is 18.0 Å². The monoisotopic (exact) mass is 342 g/mol. The summed E-state index contributed by atoms with van der Waals surface area (Å²) in [7, 11) is 0. The summed E-state index contributed by atoms with van der Waals surface area (Å²) in [6.07, 6.45) is -5.14. The number of alkyl halides is 3. The summed E-state index contributed by atoms with van der Waals surface area (Å²) >= 11 is 0. The van der Waals surface area contributed by atoms with Crippen LogP contribution in [-0.2, 0) is 9.53 Å². The summed E-state index contributed by atoms with van der Waals surface area (Å²) < 4.78 is 42.4. The predicted octanol–water partition coefficient (Wildman–Crippen LogP) is 2.66. The third-order valence-electron chi connectivity index (χ3n) is 4.59. The van der Waals surface area contributed by atoms with E-state index in [2.05, 4.69) is 10.2 Å². The molecule has 0 unspecified atom stereocenters. The van der Waals surface area contributed by atoms with E-state index >= 15 is 0 Å². The van der Waals surface area contributed by atoms with Crippen molar-refractivity contribution in [2.24, 2.45) is 0 Å². The molecule has 1 aromatic carbocycles. The predicted molar refractivity (Wildman–Crippen MR) is 82.3 cm³/mol. The minimum absolute atomic E-state index is 0.00197. The summed E-state index contributed by atoms with van der Waals surface area (Å²) in [6.45, 7) is 1.98. The molecule has 0 radical (unpaired) electrons. The number of fused-ring (bicyclic) bond motifs is 1. The minimum Gasteiger partial charge on any atom is -0.371 e. The molecule has 0 aliphatic carbocycles. The van der Waals surface area contributed by atoms with E-state index in [1.54, 1.807) is 0 Å². The molecule has 1 N–H and O–H groups in total. The van der Waals surface area contributed by atoms with Crippen molar-refractivity contribution in [3.8, 4) is 0 Å². The van der Waals surface area contributed by atoms with Gasteiger partial charge in [0.15, 0.2) is 0 Å². The van der Waals surface area contributed by atoms with Crippen LogP contribution in [-0.4, -0.2) is 48.8 Å². The standard InChI is InChI=1S/C17H21F3N2O2/c18-17(19,20)7-6-16(23)21-13-8-14-11-24-15(10-22(14)9-13)12-4-2-1-3-5-12/h1-5,13-15H,6-11H2,(H,21,23)/t13-,14-,15+/m0/s1. The van der Waals surface area contributed by atoms with Gasteiger partial charge in [-0.15, -0.1) is 0 Å². The maximum atomic E-state index is 12.2. The SMILES string of the molecule is O=C(CCC(F)(F)F)N[C@H]1C[C@H]2CO[C@@H](c3ccccc3)CN2C1. The molecule has 1 aromatic rings. The molecule has 0 aromatic heterocycles. The topological polar surface area (TPSA) is 41.6 Å². The van der Waals surface area contributed by atoms with Gasteiger partial charge in [0.2, 0.25) is 5.91 Å². The van der Waals surface area contributed by atoms with Crippen molar-refractivity contribution < 1.29 is 22.7 Å². The van der Waals surface area contributed by atoms with Crippen molar-refractivity contribution >= 4 is 5.91 Å². The molecule has 0 bridgehead atoms. The molecule has 2 fully saturated rings. The first kappa shape index (κ1) is 17.2. The minimum atomic E-state index is -4.29. The fourth-order valence-corrected chi connectivity index (χ4v) is 3.40. The van der Waals surface area contributed by atoms with Crippen LogP contribution in [0.25, 0.3) is 0 Å². The van der Waals surface area contributed by atoms with E-state index in [0.717, 1.165) is 18.5 Å². The molecule has 0 saturated carbocycles. The number of nitrogens with zero attached hydrogens (tertiary/aromatic N) is 1. The van der Waals surface area contributed by atoms with Gasteiger partial charge < -0.3 is 10.1 Å². The summed E-state index contributed by atoms with van der Waals surface area (Å²) in [5.74, 6) is -0.530. The van der Waals surface area contributed by atoms with E-state index in [4.69, 9.17) is 4.74 Å². The van der Waals surface area contributed by atoms with Crippen molar-refractivity contribution in [3.05, 3.63) is 35.9 Å². The van der Waals surface area contributed by atoms with Gasteiger partial charge in [-0.3, -0.25) is 9.69 Å². The van der Waals surface area contributed by atoms with Gasteiger partial charge >= 0.3 is 6.18 Å². The Labute approximate surface area is 139 Å². The summed E-state index contributed by atoms with van der Waals surface area (Å²) in [5, 5.41) is 2.73. The van der Waals surface area contributed by atoms with Crippen molar-refractivity contribution in [2.45, 2.75) is 43.6 Å². The fourth-order valence-electron chi connectivity index (χ4n) is 3.40. The molecule has 0 spiro atoms. The number of hydrogen-bond donors (Lipinski definition) is 1. The lowest BCUT2D eigenvalue weighted by Crippen LogP contribution is -2.43. The molecular formula is C17H21F3N2O2. The van der Waals surface area contributed by atoms with Gasteiger partial charge in [-0.1, -0.05) is 30.3 Å². The second kappa shape index (κ2) is 7.11. The summed E-state index contributed by atoms with van der Waals surface area (Å²) in [5.41, 5.74) is 1.12. The molecule has 7 heteroatoms. The Kier molecular flexibility index (Phi) is 5.10. The molecule has 2 aliphatic rings. The molecule has 3 atom stereocenters. The number of halogens is 3. The number of rotatable bonds is 4. The lowest BCUT2D eigenvalue weighted by Gasteiger charge is -2.35. The molecular weight excluding hydrogens is 321 g/mol. The second-order valence-electron chi connectivity index (χ2n) is 6.46. The van der Waals surface area contributed by atoms with Crippen LogP contribution >= 0.6 is 0 Å². The Bertz CT molecular complexity index is 565. The summed E-state index contributed by atoms with van der Waals surface area (Å²) in [4.78, 5) is 13.9. The van der Waals surface area contributed by atoms with Crippen LogP contribution in [0, 0.1) is 0 Å². The van der Waals surface area contributed by atoms with E-state index in [1.807, 2.05) is 30.3 Å². The highest BCUT2D eigenvalue weighted by Crippen LogP contribution is 2.30. The Hall–Kier alpha value is -1.60. The largest absolute Gasteiger partial charge is 0.389 e. The quantitative estimate of drug-likeness (QED) is 0.915. The van der Waals surface area contributed by atoms with Gasteiger partial charge in [-0.05, 0) is 12.0 Å². The molecule has 3 rings (SSSR count). The van der Waals surface area contributed by atoms with Crippen LogP contribution in [0.3, 0.4) is 0 Å². The van der Waals surface area contributed by atoms with Crippen LogP contribution in [0.2, 0.25) is 0 Å². The third kappa shape index (κ3) is 4.48. The van der Waals surface area contributed by atoms with Crippen LogP contribution < -0.4 is 5.32 Å². The zero-order chi connectivity index (χ0) is 17.2. The molecule has 1 amide bonds. The number of hydrogen-bond acceptors (Lipinski definition) is 3. The second-order valence-corrected chi connectivity index (χ2v) is 6.46. The highest BCUT2D eigenvalue weighted by molar-refractivity contribution is 5.76. The number of benzene rings is 1. The maximum Gasteiger partial charge on any atom is 0.389 e. The zero-order valence-corrected chi connectivity index (χ0v) is 13.3. The Balaban J connectivity index is 1.49.